The molecule has 0 unspecified atom stereocenters. The lowest BCUT2D eigenvalue weighted by molar-refractivity contribution is -0.121. The molecule has 0 saturated heterocycles. The molecule has 0 saturated carbocycles. The highest BCUT2D eigenvalue weighted by atomic mass is 19.2. The summed E-state index contributed by atoms with van der Waals surface area (Å²) in [6.07, 6.45) is 0. The molecule has 0 aliphatic heterocycles. The molecule has 1 amide bonds. The number of hydrogen-bond acceptors (Lipinski definition) is 2. The average molecular weight is 368 g/mol. The predicted octanol–water partition coefficient (Wildman–Crippen LogP) is 4.65. The van der Waals surface area contributed by atoms with Gasteiger partial charge in [0.25, 0.3) is 0 Å². The molecule has 0 heterocycles. The average Bonchev–Trinajstić information content (AvgIpc) is 2.67. The van der Waals surface area contributed by atoms with Gasteiger partial charge in [-0.1, -0.05) is 48.5 Å². The van der Waals surface area contributed by atoms with Crippen molar-refractivity contribution in [2.75, 3.05) is 6.54 Å². The monoisotopic (exact) mass is 368 g/mol. The Kier molecular flexibility index (Phi) is 5.81. The van der Waals surface area contributed by atoms with Crippen molar-refractivity contribution in [3.05, 3.63) is 83.4 Å². The molecule has 3 aromatic carbocycles. The molecule has 3 aromatic rings. The van der Waals surface area contributed by atoms with E-state index in [-0.39, 0.29) is 24.5 Å². The van der Waals surface area contributed by atoms with Gasteiger partial charge in [-0.05, 0) is 47.9 Å². The summed E-state index contributed by atoms with van der Waals surface area (Å²) in [4.78, 5) is 12.3. The Bertz CT molecular complexity index is 953. The van der Waals surface area contributed by atoms with Gasteiger partial charge < -0.3 is 10.6 Å². The first kappa shape index (κ1) is 19.0. The molecule has 3 rings (SSSR count). The molecular formula is C22H22F2N2O. The van der Waals surface area contributed by atoms with Crippen LogP contribution in [0.1, 0.15) is 37.1 Å². The lowest BCUT2D eigenvalue weighted by Crippen LogP contribution is -2.36. The lowest BCUT2D eigenvalue weighted by Gasteiger charge is -2.18. The minimum absolute atomic E-state index is 0.0786. The number of carbonyl (C=O) groups excluding carboxylic acids is 1. The highest BCUT2D eigenvalue weighted by Crippen LogP contribution is 2.24. The van der Waals surface area contributed by atoms with Crippen molar-refractivity contribution in [2.24, 2.45) is 0 Å². The number of amides is 1. The fourth-order valence-electron chi connectivity index (χ4n) is 3.14. The summed E-state index contributed by atoms with van der Waals surface area (Å²) >= 11 is 0. The van der Waals surface area contributed by atoms with Crippen LogP contribution in [0.15, 0.2) is 60.7 Å². The van der Waals surface area contributed by atoms with Crippen molar-refractivity contribution in [3.63, 3.8) is 0 Å². The van der Waals surface area contributed by atoms with E-state index in [1.807, 2.05) is 49.4 Å². The van der Waals surface area contributed by atoms with Crippen molar-refractivity contribution in [1.29, 1.82) is 0 Å². The van der Waals surface area contributed by atoms with Gasteiger partial charge in [-0.2, -0.15) is 0 Å². The zero-order chi connectivity index (χ0) is 19.4. The molecule has 2 atom stereocenters. The summed E-state index contributed by atoms with van der Waals surface area (Å²) in [7, 11) is 0. The van der Waals surface area contributed by atoms with E-state index in [0.29, 0.717) is 5.56 Å². The van der Waals surface area contributed by atoms with Crippen molar-refractivity contribution in [3.8, 4) is 0 Å². The smallest absolute Gasteiger partial charge is 0.234 e. The van der Waals surface area contributed by atoms with Crippen molar-refractivity contribution < 1.29 is 13.6 Å². The highest BCUT2D eigenvalue weighted by Gasteiger charge is 2.14. The van der Waals surface area contributed by atoms with E-state index >= 15 is 0 Å². The van der Waals surface area contributed by atoms with Crippen LogP contribution in [0.25, 0.3) is 10.8 Å². The van der Waals surface area contributed by atoms with E-state index in [1.165, 1.54) is 6.07 Å². The van der Waals surface area contributed by atoms with Crippen LogP contribution in [0, 0.1) is 11.6 Å². The summed E-state index contributed by atoms with van der Waals surface area (Å²) in [6, 6.07) is 17.4. The topological polar surface area (TPSA) is 41.1 Å². The Morgan fingerprint density at radius 3 is 2.44 bits per heavy atom. The molecule has 0 fully saturated rings. The number of fused-ring (bicyclic) bond motifs is 1. The maximum absolute atomic E-state index is 13.3. The van der Waals surface area contributed by atoms with Crippen LogP contribution < -0.4 is 10.6 Å². The van der Waals surface area contributed by atoms with E-state index in [2.05, 4.69) is 10.6 Å². The summed E-state index contributed by atoms with van der Waals surface area (Å²) in [5.74, 6) is -1.94. The van der Waals surface area contributed by atoms with Gasteiger partial charge in [0.2, 0.25) is 5.91 Å². The van der Waals surface area contributed by atoms with Gasteiger partial charge >= 0.3 is 0 Å². The van der Waals surface area contributed by atoms with E-state index < -0.39 is 11.6 Å². The number of hydrogen-bond donors (Lipinski definition) is 2. The van der Waals surface area contributed by atoms with E-state index in [0.717, 1.165) is 28.5 Å². The Morgan fingerprint density at radius 2 is 1.67 bits per heavy atom. The first-order chi connectivity index (χ1) is 13.0. The standard InChI is InChI=1S/C22H22F2N2O/c1-14(17-10-11-20(23)21(24)12-17)25-13-22(27)26-15(2)18-9-5-7-16-6-3-4-8-19(16)18/h3-12,14-15,25H,13H2,1-2H3,(H,26,27)/t14-,15-/m0/s1. The van der Waals surface area contributed by atoms with Gasteiger partial charge in [0, 0.05) is 6.04 Å². The van der Waals surface area contributed by atoms with Crippen LogP contribution in [0.3, 0.4) is 0 Å². The van der Waals surface area contributed by atoms with E-state index in [4.69, 9.17) is 0 Å². The lowest BCUT2D eigenvalue weighted by atomic mass is 10.00. The van der Waals surface area contributed by atoms with Gasteiger partial charge in [0.05, 0.1) is 12.6 Å². The van der Waals surface area contributed by atoms with Crippen LogP contribution in [0.5, 0.6) is 0 Å². The first-order valence-corrected chi connectivity index (χ1v) is 8.91. The molecule has 0 bridgehead atoms. The van der Waals surface area contributed by atoms with Crippen LogP contribution in [-0.2, 0) is 4.79 Å². The molecule has 0 radical (unpaired) electrons. The largest absolute Gasteiger partial charge is 0.348 e. The third-order valence-electron chi connectivity index (χ3n) is 4.68. The van der Waals surface area contributed by atoms with Gasteiger partial charge in [0.15, 0.2) is 11.6 Å². The quantitative estimate of drug-likeness (QED) is 0.665. The van der Waals surface area contributed by atoms with Crippen LogP contribution in [0.2, 0.25) is 0 Å². The van der Waals surface area contributed by atoms with Crippen molar-refractivity contribution >= 4 is 16.7 Å². The van der Waals surface area contributed by atoms with Gasteiger partial charge in [-0.3, -0.25) is 4.79 Å². The third-order valence-corrected chi connectivity index (χ3v) is 4.68. The molecule has 0 aliphatic rings. The molecular weight excluding hydrogens is 346 g/mol. The van der Waals surface area contributed by atoms with Crippen LogP contribution in [0.4, 0.5) is 8.78 Å². The first-order valence-electron chi connectivity index (χ1n) is 8.91. The Hall–Kier alpha value is -2.79. The maximum Gasteiger partial charge on any atom is 0.234 e. The number of nitrogens with one attached hydrogen (secondary N) is 2. The zero-order valence-electron chi connectivity index (χ0n) is 15.3. The Balaban J connectivity index is 1.60. The third kappa shape index (κ3) is 4.49. The molecule has 2 N–H and O–H groups in total. The Labute approximate surface area is 157 Å². The molecule has 140 valence electrons. The SMILES string of the molecule is C[C@H](NCC(=O)N[C@@H](C)c1cccc2ccccc12)c1ccc(F)c(F)c1. The minimum atomic E-state index is -0.893. The molecule has 0 spiro atoms. The molecule has 3 nitrogen and oxygen atoms in total. The molecule has 5 heteroatoms. The van der Waals surface area contributed by atoms with E-state index in [9.17, 15) is 13.6 Å². The second-order valence-corrected chi connectivity index (χ2v) is 6.63. The second-order valence-electron chi connectivity index (χ2n) is 6.63. The number of rotatable bonds is 6. The van der Waals surface area contributed by atoms with Crippen molar-refractivity contribution in [2.45, 2.75) is 25.9 Å². The number of halogens is 2. The predicted molar refractivity (Wildman–Crippen MR) is 103 cm³/mol. The fraction of sp³-hybridized carbons (Fsp3) is 0.227. The normalized spacial score (nSPS) is 13.3. The highest BCUT2D eigenvalue weighted by molar-refractivity contribution is 5.87. The summed E-state index contributed by atoms with van der Waals surface area (Å²) in [6.45, 7) is 3.82. The summed E-state index contributed by atoms with van der Waals surface area (Å²) in [5.41, 5.74) is 1.64. The number of carbonyl (C=O) groups is 1. The van der Waals surface area contributed by atoms with Crippen molar-refractivity contribution in [1.82, 2.24) is 10.6 Å². The molecule has 27 heavy (non-hydrogen) atoms. The fourth-order valence-corrected chi connectivity index (χ4v) is 3.14. The minimum Gasteiger partial charge on any atom is -0.348 e. The van der Waals surface area contributed by atoms with Crippen LogP contribution >= 0.6 is 0 Å². The van der Waals surface area contributed by atoms with Gasteiger partial charge in [-0.25, -0.2) is 8.78 Å². The molecule has 0 aliphatic carbocycles. The zero-order valence-corrected chi connectivity index (χ0v) is 15.3. The summed E-state index contributed by atoms with van der Waals surface area (Å²) < 4.78 is 26.4. The number of benzene rings is 3. The Morgan fingerprint density at radius 1 is 0.926 bits per heavy atom. The summed E-state index contributed by atoms with van der Waals surface area (Å²) in [5, 5.41) is 8.25. The maximum atomic E-state index is 13.3. The molecule has 0 aromatic heterocycles. The second kappa shape index (κ2) is 8.27. The van der Waals surface area contributed by atoms with E-state index in [1.54, 1.807) is 6.92 Å². The van der Waals surface area contributed by atoms with Gasteiger partial charge in [0.1, 0.15) is 0 Å². The van der Waals surface area contributed by atoms with Gasteiger partial charge in [-0.15, -0.1) is 0 Å². The van der Waals surface area contributed by atoms with Crippen LogP contribution in [-0.4, -0.2) is 12.5 Å².